The van der Waals surface area contributed by atoms with E-state index in [1.807, 2.05) is 26.0 Å². The van der Waals surface area contributed by atoms with Crippen molar-refractivity contribution in [3.8, 4) is 0 Å². The van der Waals surface area contributed by atoms with Crippen LogP contribution in [0, 0.1) is 0 Å². The Morgan fingerprint density at radius 1 is 0.930 bits per heavy atom. The molecule has 0 saturated carbocycles. The number of nitrogens with one attached hydrogen (secondary N) is 1. The molecule has 2 rings (SSSR count). The van der Waals surface area contributed by atoms with Crippen molar-refractivity contribution in [1.29, 1.82) is 0 Å². The van der Waals surface area contributed by atoms with Gasteiger partial charge in [0.15, 0.2) is 0 Å². The number of aliphatic hydroxyl groups excluding tert-OH is 1. The summed E-state index contributed by atoms with van der Waals surface area (Å²) in [4.78, 5) is 8.14. The van der Waals surface area contributed by atoms with Gasteiger partial charge in [-0.1, -0.05) is 66.4 Å². The Balaban J connectivity index is 2.62. The first kappa shape index (κ1) is 36.2. The zero-order valence-electron chi connectivity index (χ0n) is 27.3. The lowest BCUT2D eigenvalue weighted by Gasteiger charge is -2.41. The minimum atomic E-state index is -4.23. The van der Waals surface area contributed by atoms with Crippen LogP contribution in [0.25, 0.3) is 0 Å². The molecule has 2 atom stereocenters. The quantitative estimate of drug-likeness (QED) is 0.120. The average Bonchev–Trinajstić information content (AvgIpc) is 2.91. The molecule has 1 heterocycles. The van der Waals surface area contributed by atoms with Crippen LogP contribution in [0.3, 0.4) is 0 Å². The van der Waals surface area contributed by atoms with Gasteiger partial charge in [0.05, 0.1) is 0 Å². The fourth-order valence-electron chi connectivity index (χ4n) is 5.30. The highest BCUT2D eigenvalue weighted by Gasteiger charge is 2.52. The van der Waals surface area contributed by atoms with E-state index in [1.165, 1.54) is 23.5 Å². The van der Waals surface area contributed by atoms with Gasteiger partial charge in [-0.3, -0.25) is 4.72 Å². The Bertz CT molecular complexity index is 1350. The number of rotatable bonds is 17. The summed E-state index contributed by atoms with van der Waals surface area (Å²) in [5.74, 6) is -0.109. The van der Waals surface area contributed by atoms with Crippen molar-refractivity contribution in [2.75, 3.05) is 4.72 Å². The van der Waals surface area contributed by atoms with Gasteiger partial charge in [0.1, 0.15) is 16.6 Å². The highest BCUT2D eigenvalue weighted by molar-refractivity contribution is 7.93. The van der Waals surface area contributed by atoms with Crippen LogP contribution in [0.4, 0.5) is 5.95 Å². The monoisotopic (exact) mass is 611 g/mol. The molecular formula is C35H53N3O4S. The molecule has 8 heteroatoms. The first-order valence-corrected chi connectivity index (χ1v) is 17.1. The molecule has 1 aromatic heterocycles. The Hall–Kier alpha value is -2.97. The molecule has 0 amide bonds. The summed E-state index contributed by atoms with van der Waals surface area (Å²) in [5.41, 5.74) is 3.58. The molecule has 0 spiro atoms. The Labute approximate surface area is 260 Å². The van der Waals surface area contributed by atoms with Crippen molar-refractivity contribution in [3.05, 3.63) is 88.0 Å². The van der Waals surface area contributed by atoms with Crippen molar-refractivity contribution < 1.29 is 18.6 Å². The maximum atomic E-state index is 14.2. The van der Waals surface area contributed by atoms with Gasteiger partial charge in [-0.15, -0.1) is 0 Å². The molecule has 0 fully saturated rings. The number of anilines is 1. The average molecular weight is 612 g/mol. The Morgan fingerprint density at radius 2 is 1.51 bits per heavy atom. The predicted octanol–water partition coefficient (Wildman–Crippen LogP) is 8.82. The molecule has 1 aromatic rings. The lowest BCUT2D eigenvalue weighted by atomic mass is 9.76. The second kappa shape index (κ2) is 17.4. The summed E-state index contributed by atoms with van der Waals surface area (Å²) in [6.07, 6.45) is 19.5. The fraction of sp³-hybridized carbons (Fsp3) is 0.543. The number of sulfonamides is 1. The lowest BCUT2D eigenvalue weighted by Crippen LogP contribution is -2.53. The Kier molecular flexibility index (Phi) is 14.6. The van der Waals surface area contributed by atoms with Gasteiger partial charge in [-0.2, -0.15) is 0 Å². The van der Waals surface area contributed by atoms with Gasteiger partial charge < -0.3 is 10.2 Å². The van der Waals surface area contributed by atoms with Gasteiger partial charge in [-0.05, 0) is 104 Å². The van der Waals surface area contributed by atoms with E-state index >= 15 is 0 Å². The van der Waals surface area contributed by atoms with Crippen LogP contribution < -0.4 is 4.72 Å². The zero-order valence-corrected chi connectivity index (χ0v) is 28.1. The van der Waals surface area contributed by atoms with Crippen molar-refractivity contribution in [2.45, 2.75) is 124 Å². The van der Waals surface area contributed by atoms with Gasteiger partial charge >= 0.3 is 0 Å². The van der Waals surface area contributed by atoms with Gasteiger partial charge in [0, 0.05) is 24.4 Å². The second-order valence-corrected chi connectivity index (χ2v) is 14.0. The molecular weight excluding hydrogens is 558 g/mol. The van der Waals surface area contributed by atoms with Crippen LogP contribution in [0.5, 0.6) is 0 Å². The van der Waals surface area contributed by atoms with Crippen LogP contribution in [-0.2, 0) is 10.0 Å². The topological polar surface area (TPSA) is 112 Å². The largest absolute Gasteiger partial charge is 0.508 e. The van der Waals surface area contributed by atoms with Crippen molar-refractivity contribution in [1.82, 2.24) is 9.97 Å². The normalized spacial score (nSPS) is 19.6. The molecule has 7 nitrogen and oxygen atoms in total. The molecule has 0 bridgehead atoms. The van der Waals surface area contributed by atoms with Gasteiger partial charge in [-0.25, -0.2) is 18.4 Å². The molecule has 2 unspecified atom stereocenters. The lowest BCUT2D eigenvalue weighted by molar-refractivity contribution is 0.0742. The number of unbranched alkanes of at least 4 members (excludes halogenated alkanes) is 2. The summed E-state index contributed by atoms with van der Waals surface area (Å²) in [6.45, 7) is 14.4. The predicted molar refractivity (Wildman–Crippen MR) is 179 cm³/mol. The van der Waals surface area contributed by atoms with E-state index in [1.54, 1.807) is 12.1 Å². The molecule has 43 heavy (non-hydrogen) atoms. The minimum Gasteiger partial charge on any atom is -0.508 e. The molecule has 3 N–H and O–H groups in total. The van der Waals surface area contributed by atoms with Crippen LogP contribution in [0.15, 0.2) is 88.0 Å². The van der Waals surface area contributed by atoms with Gasteiger partial charge in [0.2, 0.25) is 16.0 Å². The highest BCUT2D eigenvalue weighted by atomic mass is 32.2. The SMILES string of the molecule is CCCCCC1=CC(O)=C(CC=C(C)CCC=C(C)C)C(O)(CC=C(C)CCC=C(C)C)C1S(=O)(=O)Nc1ncccn1. The van der Waals surface area contributed by atoms with E-state index < -0.39 is 20.9 Å². The number of aromatic nitrogens is 2. The standard InChI is InChI=1S/C35H53N3O4S/c1-8-9-10-18-30-25-32(39)31(20-19-28(6)16-11-14-26(2)3)35(40,22-21-29(7)17-12-15-27(4)5)33(30)43(41,42)38-34-36-23-13-24-37-34/h13-15,19,21,23-25,33,39-40H,8-12,16-18,20,22H2,1-7H3,(H,36,37,38). The first-order chi connectivity index (χ1) is 20.3. The molecule has 0 aromatic carbocycles. The summed E-state index contributed by atoms with van der Waals surface area (Å²) in [5, 5.41) is 22.7. The van der Waals surface area contributed by atoms with E-state index in [0.29, 0.717) is 17.6 Å². The van der Waals surface area contributed by atoms with E-state index in [9.17, 15) is 18.6 Å². The van der Waals surface area contributed by atoms with Crippen LogP contribution in [0.2, 0.25) is 0 Å². The smallest absolute Gasteiger partial charge is 0.245 e. The van der Waals surface area contributed by atoms with E-state index in [0.717, 1.165) is 56.1 Å². The maximum absolute atomic E-state index is 14.2. The molecule has 0 aliphatic heterocycles. The summed E-state index contributed by atoms with van der Waals surface area (Å²) in [7, 11) is -4.23. The zero-order chi connectivity index (χ0) is 32.0. The number of nitrogens with zero attached hydrogens (tertiary/aromatic N) is 2. The third-order valence-electron chi connectivity index (χ3n) is 7.70. The molecule has 0 saturated heterocycles. The van der Waals surface area contributed by atoms with Crippen LogP contribution >= 0.6 is 0 Å². The molecule has 1 aliphatic rings. The molecule has 0 radical (unpaired) electrons. The number of allylic oxidation sites excluding steroid dienone is 8. The summed E-state index contributed by atoms with van der Waals surface area (Å²) in [6, 6.07) is 1.61. The molecule has 238 valence electrons. The highest BCUT2D eigenvalue weighted by Crippen LogP contribution is 2.43. The maximum Gasteiger partial charge on any atom is 0.245 e. The third kappa shape index (κ3) is 11.6. The van der Waals surface area contributed by atoms with Crippen molar-refractivity contribution >= 4 is 16.0 Å². The number of hydrogen-bond donors (Lipinski definition) is 3. The van der Waals surface area contributed by atoms with E-state index in [-0.39, 0.29) is 24.5 Å². The van der Waals surface area contributed by atoms with Crippen molar-refractivity contribution in [2.24, 2.45) is 0 Å². The second-order valence-electron chi connectivity index (χ2n) is 12.2. The van der Waals surface area contributed by atoms with Gasteiger partial charge in [0.25, 0.3) is 0 Å². The number of aliphatic hydroxyl groups is 2. The third-order valence-corrected chi connectivity index (χ3v) is 9.48. The number of hydrogen-bond acceptors (Lipinski definition) is 6. The molecule has 1 aliphatic carbocycles. The first-order valence-electron chi connectivity index (χ1n) is 15.5. The summed E-state index contributed by atoms with van der Waals surface area (Å²) < 4.78 is 30.8. The fourth-order valence-corrected chi connectivity index (χ4v) is 7.11. The van der Waals surface area contributed by atoms with E-state index in [4.69, 9.17) is 0 Å². The van der Waals surface area contributed by atoms with Crippen LogP contribution in [-0.4, -0.2) is 39.4 Å². The van der Waals surface area contributed by atoms with Crippen LogP contribution in [0.1, 0.15) is 113 Å². The summed E-state index contributed by atoms with van der Waals surface area (Å²) >= 11 is 0. The van der Waals surface area contributed by atoms with E-state index in [2.05, 4.69) is 61.5 Å². The minimum absolute atomic E-state index is 0.0457. The Morgan fingerprint density at radius 3 is 2.07 bits per heavy atom. The van der Waals surface area contributed by atoms with Crippen molar-refractivity contribution in [3.63, 3.8) is 0 Å².